The van der Waals surface area contributed by atoms with Crippen molar-refractivity contribution in [1.29, 1.82) is 0 Å². The molecule has 0 fully saturated rings. The fourth-order valence-electron chi connectivity index (χ4n) is 3.83. The zero-order valence-corrected chi connectivity index (χ0v) is 25.8. The summed E-state index contributed by atoms with van der Waals surface area (Å²) >= 11 is 0. The molecule has 0 unspecified atom stereocenters. The van der Waals surface area contributed by atoms with E-state index in [1.807, 2.05) is 41.8 Å². The van der Waals surface area contributed by atoms with Crippen LogP contribution >= 0.6 is 0 Å². The van der Waals surface area contributed by atoms with Crippen molar-refractivity contribution in [2.45, 2.75) is 39.7 Å². The molecule has 3 aromatic rings. The number of nitrogens with zero attached hydrogens (tertiary/aromatic N) is 3. The third kappa shape index (κ3) is 9.41. The van der Waals surface area contributed by atoms with E-state index in [-0.39, 0.29) is 16.9 Å². The maximum absolute atomic E-state index is 13.4. The number of carbonyl (C=O) groups excluding carboxylic acids is 1. The molecule has 11 nitrogen and oxygen atoms in total. The number of hydrogen-bond acceptors (Lipinski definition) is 9. The largest absolute Gasteiger partial charge is 0.492 e. The quantitative estimate of drug-likeness (QED) is 0.268. The Morgan fingerprint density at radius 3 is 2.41 bits per heavy atom. The van der Waals surface area contributed by atoms with E-state index in [4.69, 9.17) is 9.47 Å². The second kappa shape index (κ2) is 13.3. The summed E-state index contributed by atoms with van der Waals surface area (Å²) in [7, 11) is 1.84. The Morgan fingerprint density at radius 2 is 1.78 bits per heavy atom. The molecule has 1 heterocycles. The predicted molar refractivity (Wildman–Crippen MR) is 162 cm³/mol. The molecule has 0 aliphatic rings. The molecule has 0 aliphatic heterocycles. The van der Waals surface area contributed by atoms with Crippen LogP contribution in [0.2, 0.25) is 0 Å². The third-order valence-electron chi connectivity index (χ3n) is 6.07. The third-order valence-corrected chi connectivity index (χ3v) is 6.66. The van der Waals surface area contributed by atoms with Gasteiger partial charge in [0, 0.05) is 30.9 Å². The van der Waals surface area contributed by atoms with Crippen LogP contribution in [-0.4, -0.2) is 69.7 Å². The van der Waals surface area contributed by atoms with Gasteiger partial charge in [0.1, 0.15) is 11.6 Å². The summed E-state index contributed by atoms with van der Waals surface area (Å²) in [6, 6.07) is 10.3. The number of likely N-dealkylation sites (N-methyl/N-ethyl adjacent to an activating group) is 1. The van der Waals surface area contributed by atoms with Gasteiger partial charge in [-0.25, -0.2) is 13.4 Å². The average molecular weight is 585 g/mol. The van der Waals surface area contributed by atoms with Crippen LogP contribution in [0.5, 0.6) is 17.4 Å². The van der Waals surface area contributed by atoms with E-state index >= 15 is 0 Å². The van der Waals surface area contributed by atoms with Crippen LogP contribution in [0.25, 0.3) is 0 Å². The van der Waals surface area contributed by atoms with Crippen molar-refractivity contribution < 1.29 is 22.7 Å². The minimum absolute atomic E-state index is 0.202. The summed E-state index contributed by atoms with van der Waals surface area (Å²) < 4.78 is 38.1. The molecule has 12 heteroatoms. The van der Waals surface area contributed by atoms with Crippen LogP contribution in [0.3, 0.4) is 0 Å². The molecule has 1 amide bonds. The van der Waals surface area contributed by atoms with Crippen LogP contribution in [-0.2, 0) is 22.0 Å². The molecule has 0 saturated carbocycles. The molecule has 3 rings (SSSR count). The standard InChI is InChI=1S/C29H40N6O5S/c1-19-9-10-20(15-24(19)40-26-11-12-31-25(33-26)18-30-13-14-35(5)6)28(36)32-22-16-21(29(2,3)4)17-23(27(22)39-7)34-41(8,37)38/h9-12,15-17,30,34H,13-14,18H2,1-8H3,(H,32,36). The first-order valence-corrected chi connectivity index (χ1v) is 15.0. The minimum Gasteiger partial charge on any atom is -0.492 e. The number of aromatic nitrogens is 2. The molecule has 0 aliphatic carbocycles. The minimum atomic E-state index is -3.60. The normalized spacial score (nSPS) is 11.8. The Labute approximate surface area is 242 Å². The van der Waals surface area contributed by atoms with Crippen molar-refractivity contribution in [3.63, 3.8) is 0 Å². The summed E-state index contributed by atoms with van der Waals surface area (Å²) in [6.45, 7) is 10.0. The van der Waals surface area contributed by atoms with Gasteiger partial charge in [-0.05, 0) is 61.8 Å². The van der Waals surface area contributed by atoms with Crippen LogP contribution in [0, 0.1) is 6.92 Å². The number of methoxy groups -OCH3 is 1. The molecule has 0 saturated heterocycles. The van der Waals surface area contributed by atoms with Crippen LogP contribution < -0.4 is 24.8 Å². The zero-order chi connectivity index (χ0) is 30.4. The number of amides is 1. The first-order valence-electron chi connectivity index (χ1n) is 13.1. The van der Waals surface area contributed by atoms with E-state index in [0.29, 0.717) is 35.2 Å². The van der Waals surface area contributed by atoms with E-state index in [1.165, 1.54) is 7.11 Å². The smallest absolute Gasteiger partial charge is 0.255 e. The molecule has 2 aromatic carbocycles. The summed E-state index contributed by atoms with van der Waals surface area (Å²) in [5.74, 6) is 1.21. The maximum Gasteiger partial charge on any atom is 0.255 e. The Kier molecular flexibility index (Phi) is 10.3. The number of nitrogens with one attached hydrogen (secondary N) is 3. The number of ether oxygens (including phenoxy) is 2. The Bertz CT molecular complexity index is 1490. The lowest BCUT2D eigenvalue weighted by atomic mass is 9.86. The van der Waals surface area contributed by atoms with Gasteiger partial charge in [-0.3, -0.25) is 9.52 Å². The molecule has 0 bridgehead atoms. The van der Waals surface area contributed by atoms with Crippen molar-refractivity contribution in [3.8, 4) is 17.4 Å². The van der Waals surface area contributed by atoms with E-state index in [0.717, 1.165) is 30.5 Å². The van der Waals surface area contributed by atoms with Gasteiger partial charge in [-0.2, -0.15) is 4.98 Å². The lowest BCUT2D eigenvalue weighted by Gasteiger charge is -2.24. The second-order valence-corrected chi connectivity index (χ2v) is 12.8. The van der Waals surface area contributed by atoms with Gasteiger partial charge in [0.25, 0.3) is 5.91 Å². The fraction of sp³-hybridized carbons (Fsp3) is 0.414. The summed E-state index contributed by atoms with van der Waals surface area (Å²) in [5, 5.41) is 6.18. The highest BCUT2D eigenvalue weighted by molar-refractivity contribution is 7.92. The monoisotopic (exact) mass is 584 g/mol. The van der Waals surface area contributed by atoms with Crippen molar-refractivity contribution >= 4 is 27.3 Å². The fourth-order valence-corrected chi connectivity index (χ4v) is 4.38. The molecule has 0 atom stereocenters. The van der Waals surface area contributed by atoms with Crippen molar-refractivity contribution in [1.82, 2.24) is 20.2 Å². The van der Waals surface area contributed by atoms with E-state index in [2.05, 4.69) is 30.2 Å². The number of rotatable bonds is 12. The first kappa shape index (κ1) is 31.8. The van der Waals surface area contributed by atoms with Crippen molar-refractivity contribution in [2.24, 2.45) is 0 Å². The number of hydrogen-bond donors (Lipinski definition) is 3. The number of anilines is 2. The van der Waals surface area contributed by atoms with Gasteiger partial charge < -0.3 is 25.0 Å². The number of benzene rings is 2. The Hall–Kier alpha value is -3.74. The van der Waals surface area contributed by atoms with E-state index in [9.17, 15) is 13.2 Å². The molecular formula is C29H40N6O5S. The molecular weight excluding hydrogens is 544 g/mol. The average Bonchev–Trinajstić information content (AvgIpc) is 2.86. The highest BCUT2D eigenvalue weighted by Gasteiger charge is 2.23. The lowest BCUT2D eigenvalue weighted by Crippen LogP contribution is -2.26. The molecule has 3 N–H and O–H groups in total. The van der Waals surface area contributed by atoms with Gasteiger partial charge in [0.05, 0.1) is 31.3 Å². The molecule has 222 valence electrons. The highest BCUT2D eigenvalue weighted by Crippen LogP contribution is 2.39. The maximum atomic E-state index is 13.4. The molecule has 1 aromatic heterocycles. The van der Waals surface area contributed by atoms with Gasteiger partial charge in [0.15, 0.2) is 5.75 Å². The van der Waals surface area contributed by atoms with Gasteiger partial charge in [0.2, 0.25) is 15.9 Å². The molecule has 0 spiro atoms. The van der Waals surface area contributed by atoms with E-state index in [1.54, 1.807) is 42.6 Å². The number of carbonyl (C=O) groups is 1. The van der Waals surface area contributed by atoms with E-state index < -0.39 is 15.9 Å². The predicted octanol–water partition coefficient (Wildman–Crippen LogP) is 4.16. The topological polar surface area (TPSA) is 135 Å². The SMILES string of the molecule is COc1c(NC(=O)c2ccc(C)c(Oc3ccnc(CNCCN(C)C)n3)c2)cc(C(C)(C)C)cc1NS(C)(=O)=O. The van der Waals surface area contributed by atoms with Gasteiger partial charge in [-0.1, -0.05) is 26.8 Å². The van der Waals surface area contributed by atoms with Gasteiger partial charge >= 0.3 is 0 Å². The Balaban J connectivity index is 1.86. The molecule has 0 radical (unpaired) electrons. The lowest BCUT2D eigenvalue weighted by molar-refractivity contribution is 0.102. The van der Waals surface area contributed by atoms with Crippen LogP contribution in [0.15, 0.2) is 42.6 Å². The summed E-state index contributed by atoms with van der Waals surface area (Å²) in [6.07, 6.45) is 2.69. The Morgan fingerprint density at radius 1 is 1.07 bits per heavy atom. The van der Waals surface area contributed by atoms with Crippen molar-refractivity contribution in [3.05, 3.63) is 65.1 Å². The summed E-state index contributed by atoms with van der Waals surface area (Å²) in [4.78, 5) is 24.3. The second-order valence-electron chi connectivity index (χ2n) is 11.1. The van der Waals surface area contributed by atoms with Crippen LogP contribution in [0.1, 0.15) is 48.1 Å². The highest BCUT2D eigenvalue weighted by atomic mass is 32.2. The first-order chi connectivity index (χ1) is 19.2. The van der Waals surface area contributed by atoms with Crippen molar-refractivity contribution in [2.75, 3.05) is 50.6 Å². The summed E-state index contributed by atoms with van der Waals surface area (Å²) in [5.41, 5.74) is 2.21. The van der Waals surface area contributed by atoms with Crippen LogP contribution in [0.4, 0.5) is 11.4 Å². The molecule has 41 heavy (non-hydrogen) atoms. The number of aryl methyl sites for hydroxylation is 1. The zero-order valence-electron chi connectivity index (χ0n) is 25.0. The number of sulfonamides is 1. The van der Waals surface area contributed by atoms with Gasteiger partial charge in [-0.15, -0.1) is 0 Å².